The average Bonchev–Trinajstić information content (AvgIpc) is 2.85. The van der Waals surface area contributed by atoms with Gasteiger partial charge in [-0.1, -0.05) is 18.2 Å². The summed E-state index contributed by atoms with van der Waals surface area (Å²) < 4.78 is 0. The Morgan fingerprint density at radius 3 is 2.38 bits per heavy atom. The Labute approximate surface area is 231 Å². The fraction of sp³-hybridized carbons (Fsp3) is 0.433. The molecule has 210 valence electrons. The molecule has 2 fully saturated rings. The molecule has 5 rings (SSSR count). The number of rotatable bonds is 5. The van der Waals surface area contributed by atoms with Gasteiger partial charge in [0.25, 0.3) is 0 Å². The summed E-state index contributed by atoms with van der Waals surface area (Å²) in [7, 11) is 7.53. The molecule has 2 unspecified atom stereocenters. The van der Waals surface area contributed by atoms with Gasteiger partial charge in [-0.3, -0.25) is 24.0 Å². The van der Waals surface area contributed by atoms with Crippen molar-refractivity contribution in [1.29, 1.82) is 0 Å². The molecule has 0 aliphatic heterocycles. The summed E-state index contributed by atoms with van der Waals surface area (Å²) in [6.07, 6.45) is -0.0728. The van der Waals surface area contributed by atoms with Gasteiger partial charge in [-0.2, -0.15) is 0 Å². The van der Waals surface area contributed by atoms with Crippen LogP contribution < -0.4 is 10.6 Å². The number of anilines is 1. The van der Waals surface area contributed by atoms with Gasteiger partial charge in [0.15, 0.2) is 34.7 Å². The number of phenols is 1. The highest BCUT2D eigenvalue weighted by Crippen LogP contribution is 2.52. The third kappa shape index (κ3) is 4.05. The second-order valence-corrected chi connectivity index (χ2v) is 11.7. The van der Waals surface area contributed by atoms with Crippen LogP contribution in [0, 0.1) is 23.7 Å². The molecule has 10 heteroatoms. The number of ketones is 4. The van der Waals surface area contributed by atoms with Crippen molar-refractivity contribution in [3.63, 3.8) is 0 Å². The molecule has 10 nitrogen and oxygen atoms in total. The first-order chi connectivity index (χ1) is 18.8. The highest BCUT2D eigenvalue weighted by molar-refractivity contribution is 6.31. The number of amides is 1. The fourth-order valence-corrected chi connectivity index (χ4v) is 6.84. The number of nitrogens with zero attached hydrogens (tertiary/aromatic N) is 2. The average molecular weight is 548 g/mol. The summed E-state index contributed by atoms with van der Waals surface area (Å²) in [5, 5.41) is 22.9. The summed E-state index contributed by atoms with van der Waals surface area (Å²) in [5.41, 5.74) is 5.97. The quantitative estimate of drug-likeness (QED) is 0.467. The lowest BCUT2D eigenvalue weighted by atomic mass is 9.53. The zero-order chi connectivity index (χ0) is 29.3. The van der Waals surface area contributed by atoms with Crippen LogP contribution in [0.25, 0.3) is 11.1 Å². The molecular formula is C30H33N3O7. The molecule has 0 saturated heterocycles. The van der Waals surface area contributed by atoms with Crippen molar-refractivity contribution in [2.45, 2.75) is 31.4 Å². The Balaban J connectivity index is 1.64. The van der Waals surface area contributed by atoms with Gasteiger partial charge in [0.2, 0.25) is 5.91 Å². The number of primary amides is 1. The molecular weight excluding hydrogens is 514 g/mol. The molecule has 3 aliphatic carbocycles. The smallest absolute Gasteiger partial charge is 0.235 e. The monoisotopic (exact) mass is 547 g/mol. The zero-order valence-corrected chi connectivity index (χ0v) is 22.9. The SMILES string of the molecule is CN(C)Cc1cccc(-c2cc(N(C)C)c3c(c2O)C(=O)C2C(=O)[C@]4(O)C(=O)C(C(N)=O)C(=O)C[C@@H]4C[C@@H]2C3)c1. The van der Waals surface area contributed by atoms with E-state index in [1.54, 1.807) is 0 Å². The number of Topliss-reactive ketones (excluding diaryl/α,β-unsaturated/α-hetero) is 4. The van der Waals surface area contributed by atoms with E-state index in [4.69, 9.17) is 5.73 Å². The Bertz CT molecular complexity index is 1480. The molecule has 40 heavy (non-hydrogen) atoms. The summed E-state index contributed by atoms with van der Waals surface area (Å²) in [6.45, 7) is 0.667. The van der Waals surface area contributed by atoms with Gasteiger partial charge in [-0.15, -0.1) is 0 Å². The first kappa shape index (κ1) is 27.7. The lowest BCUT2D eigenvalue weighted by Crippen LogP contribution is -2.68. The normalized spacial score (nSPS) is 27.8. The number of aliphatic hydroxyl groups is 1. The number of benzene rings is 2. The van der Waals surface area contributed by atoms with Crippen molar-refractivity contribution < 1.29 is 34.2 Å². The molecule has 2 saturated carbocycles. The third-order valence-corrected chi connectivity index (χ3v) is 8.60. The molecule has 2 aromatic carbocycles. The van der Waals surface area contributed by atoms with Crippen LogP contribution in [-0.2, 0) is 32.1 Å². The number of hydrogen-bond acceptors (Lipinski definition) is 9. The van der Waals surface area contributed by atoms with Crippen LogP contribution in [0.5, 0.6) is 5.75 Å². The minimum Gasteiger partial charge on any atom is -0.507 e. The second kappa shape index (κ2) is 9.64. The Hall–Kier alpha value is -3.89. The van der Waals surface area contributed by atoms with Crippen LogP contribution in [0.4, 0.5) is 5.69 Å². The van der Waals surface area contributed by atoms with Gasteiger partial charge in [0.1, 0.15) is 5.75 Å². The third-order valence-electron chi connectivity index (χ3n) is 8.60. The van der Waals surface area contributed by atoms with E-state index >= 15 is 0 Å². The Kier molecular flexibility index (Phi) is 6.67. The van der Waals surface area contributed by atoms with Crippen LogP contribution >= 0.6 is 0 Å². The Morgan fingerprint density at radius 2 is 1.75 bits per heavy atom. The standard InChI is InChI=1S/C30H33N3O7/c1-32(2)13-14-6-5-7-15(8-14)18-12-20(33(3)4)19-10-16-9-17-11-21(34)24(29(31)39)28(38)30(17,40)27(37)22(16)26(36)23(19)25(18)35/h5-8,12,16-17,22,24,35,40H,9-11,13H2,1-4H3,(H2,31,39)/t16-,17+,22?,24?,30+/m1/s1. The first-order valence-electron chi connectivity index (χ1n) is 13.2. The summed E-state index contributed by atoms with van der Waals surface area (Å²) in [5.74, 6) is -10.2. The fourth-order valence-electron chi connectivity index (χ4n) is 6.84. The van der Waals surface area contributed by atoms with Crippen molar-refractivity contribution in [3.8, 4) is 16.9 Å². The molecule has 2 aromatic rings. The van der Waals surface area contributed by atoms with Gasteiger partial charge in [-0.25, -0.2) is 0 Å². The lowest BCUT2D eigenvalue weighted by Gasteiger charge is -2.48. The maximum absolute atomic E-state index is 14.1. The van der Waals surface area contributed by atoms with E-state index in [0.717, 1.165) is 5.56 Å². The molecule has 0 spiro atoms. The molecule has 1 amide bonds. The van der Waals surface area contributed by atoms with Crippen LogP contribution in [0.15, 0.2) is 30.3 Å². The number of carbonyl (C=O) groups excluding carboxylic acids is 5. The number of phenolic OH excluding ortho intramolecular Hbond substituents is 1. The van der Waals surface area contributed by atoms with E-state index < -0.39 is 58.3 Å². The summed E-state index contributed by atoms with van der Waals surface area (Å²) >= 11 is 0. The highest BCUT2D eigenvalue weighted by Gasteiger charge is 2.66. The number of carbonyl (C=O) groups is 5. The van der Waals surface area contributed by atoms with E-state index in [9.17, 15) is 34.2 Å². The minimum absolute atomic E-state index is 0.0124. The number of fused-ring (bicyclic) bond motifs is 3. The van der Waals surface area contributed by atoms with Gasteiger partial charge >= 0.3 is 0 Å². The van der Waals surface area contributed by atoms with E-state index in [2.05, 4.69) is 0 Å². The van der Waals surface area contributed by atoms with Crippen LogP contribution in [0.2, 0.25) is 0 Å². The summed E-state index contributed by atoms with van der Waals surface area (Å²) in [6, 6.07) is 9.41. The Morgan fingerprint density at radius 1 is 1.05 bits per heavy atom. The second-order valence-electron chi connectivity index (χ2n) is 11.7. The lowest BCUT2D eigenvalue weighted by molar-refractivity contribution is -0.175. The maximum atomic E-state index is 14.1. The van der Waals surface area contributed by atoms with Crippen LogP contribution in [0.1, 0.15) is 34.3 Å². The van der Waals surface area contributed by atoms with Gasteiger partial charge in [-0.05, 0) is 61.7 Å². The van der Waals surface area contributed by atoms with E-state index in [-0.39, 0.29) is 30.6 Å². The molecule has 5 atom stereocenters. The molecule has 0 heterocycles. The minimum atomic E-state index is -2.67. The van der Waals surface area contributed by atoms with Gasteiger partial charge < -0.3 is 25.7 Å². The van der Waals surface area contributed by atoms with Crippen molar-refractivity contribution in [2.75, 3.05) is 33.1 Å². The maximum Gasteiger partial charge on any atom is 0.235 e. The van der Waals surface area contributed by atoms with Crippen LogP contribution in [0.3, 0.4) is 0 Å². The van der Waals surface area contributed by atoms with Crippen molar-refractivity contribution in [1.82, 2.24) is 4.90 Å². The summed E-state index contributed by atoms with van der Waals surface area (Å²) in [4.78, 5) is 69.3. The molecule has 3 aliphatic rings. The molecule has 0 bridgehead atoms. The van der Waals surface area contributed by atoms with E-state index in [1.807, 2.05) is 68.3 Å². The number of hydrogen-bond donors (Lipinski definition) is 3. The highest BCUT2D eigenvalue weighted by atomic mass is 16.3. The first-order valence-corrected chi connectivity index (χ1v) is 13.2. The topological polar surface area (TPSA) is 158 Å². The molecule has 0 radical (unpaired) electrons. The zero-order valence-electron chi connectivity index (χ0n) is 22.9. The predicted molar refractivity (Wildman–Crippen MR) is 146 cm³/mol. The van der Waals surface area contributed by atoms with Crippen molar-refractivity contribution >= 4 is 34.7 Å². The number of aromatic hydroxyl groups is 1. The molecule has 0 aromatic heterocycles. The van der Waals surface area contributed by atoms with E-state index in [0.29, 0.717) is 28.9 Å². The number of nitrogens with two attached hydrogens (primary N) is 1. The molecule has 4 N–H and O–H groups in total. The van der Waals surface area contributed by atoms with Gasteiger partial charge in [0, 0.05) is 44.2 Å². The van der Waals surface area contributed by atoms with Crippen molar-refractivity contribution in [3.05, 3.63) is 47.0 Å². The largest absolute Gasteiger partial charge is 0.507 e. The van der Waals surface area contributed by atoms with Gasteiger partial charge in [0.05, 0.1) is 11.5 Å². The predicted octanol–water partition coefficient (Wildman–Crippen LogP) is 1.12. The van der Waals surface area contributed by atoms with Crippen molar-refractivity contribution in [2.24, 2.45) is 29.4 Å². The van der Waals surface area contributed by atoms with E-state index in [1.165, 1.54) is 0 Å². The van der Waals surface area contributed by atoms with Crippen LogP contribution in [-0.4, -0.2) is 77.9 Å².